The lowest BCUT2D eigenvalue weighted by atomic mass is 10.0. The van der Waals surface area contributed by atoms with E-state index in [1.54, 1.807) is 13.3 Å². The second-order valence-electron chi connectivity index (χ2n) is 8.74. The monoisotopic (exact) mass is 449 g/mol. The van der Waals surface area contributed by atoms with Crippen molar-refractivity contribution in [1.29, 1.82) is 0 Å². The molecule has 0 saturated carbocycles. The highest BCUT2D eigenvalue weighted by Crippen LogP contribution is 2.33. The van der Waals surface area contributed by atoms with Crippen LogP contribution in [0.1, 0.15) is 28.8 Å². The Morgan fingerprint density at radius 2 is 1.91 bits per heavy atom. The quantitative estimate of drug-likeness (QED) is 0.580. The zero-order valence-electron chi connectivity index (χ0n) is 18.8. The average Bonchev–Trinajstić information content (AvgIpc) is 3.29. The van der Waals surface area contributed by atoms with Gasteiger partial charge in [-0.25, -0.2) is 9.97 Å². The summed E-state index contributed by atoms with van der Waals surface area (Å²) in [4.78, 5) is 18.9. The molecular formula is C25H28ClN5O. The number of pyridine rings is 3. The van der Waals surface area contributed by atoms with Gasteiger partial charge in [0.05, 0.1) is 16.8 Å². The number of halogens is 1. The first-order chi connectivity index (χ1) is 15.5. The Morgan fingerprint density at radius 3 is 2.69 bits per heavy atom. The van der Waals surface area contributed by atoms with Crippen LogP contribution in [0, 0.1) is 13.8 Å². The summed E-state index contributed by atoms with van der Waals surface area (Å²) < 4.78 is 5.50. The summed E-state index contributed by atoms with van der Waals surface area (Å²) in [5.74, 6) is 1.98. The van der Waals surface area contributed by atoms with Crippen LogP contribution in [0.2, 0.25) is 5.02 Å². The Bertz CT molecular complexity index is 1150. The SMILES string of the molecule is COC1CCN(c2ccc3c(n2)CCN(c2cc(-c4ncc(C)cc4C)c(Cl)cn2)C3)C1. The lowest BCUT2D eigenvalue weighted by Gasteiger charge is -2.30. The van der Waals surface area contributed by atoms with Crippen LogP contribution in [0.5, 0.6) is 0 Å². The zero-order valence-corrected chi connectivity index (χ0v) is 19.6. The molecule has 0 spiro atoms. The van der Waals surface area contributed by atoms with Gasteiger partial charge in [0.1, 0.15) is 11.6 Å². The second kappa shape index (κ2) is 8.68. The molecule has 32 heavy (non-hydrogen) atoms. The third-order valence-electron chi connectivity index (χ3n) is 6.47. The fourth-order valence-electron chi connectivity index (χ4n) is 4.68. The smallest absolute Gasteiger partial charge is 0.129 e. The average molecular weight is 450 g/mol. The van der Waals surface area contributed by atoms with Gasteiger partial charge in [-0.1, -0.05) is 23.7 Å². The summed E-state index contributed by atoms with van der Waals surface area (Å²) in [6.45, 7) is 7.70. The molecule has 1 atom stereocenters. The van der Waals surface area contributed by atoms with Crippen molar-refractivity contribution in [3.8, 4) is 11.3 Å². The standard InChI is InChI=1S/C25H28ClN5O/c1-16-10-17(2)25(28-12-16)20-11-24(27-13-21(20)26)30-9-7-22-18(14-30)4-5-23(29-22)31-8-6-19(15-31)32-3/h4-5,10-13,19H,6-9,14-15H2,1-3H3. The minimum absolute atomic E-state index is 0.306. The fraction of sp³-hybridized carbons (Fsp3) is 0.400. The number of rotatable bonds is 4. The highest BCUT2D eigenvalue weighted by molar-refractivity contribution is 6.33. The normalized spacial score (nSPS) is 18.2. The molecule has 2 aliphatic rings. The summed E-state index contributed by atoms with van der Waals surface area (Å²) in [5.41, 5.74) is 6.53. The minimum Gasteiger partial charge on any atom is -0.380 e. The molecule has 5 rings (SSSR count). The van der Waals surface area contributed by atoms with Crippen molar-refractivity contribution in [2.45, 2.75) is 39.3 Å². The van der Waals surface area contributed by atoms with Crippen molar-refractivity contribution in [2.24, 2.45) is 0 Å². The van der Waals surface area contributed by atoms with Gasteiger partial charge in [0.25, 0.3) is 0 Å². The van der Waals surface area contributed by atoms with E-state index in [-0.39, 0.29) is 0 Å². The van der Waals surface area contributed by atoms with Gasteiger partial charge >= 0.3 is 0 Å². The Labute approximate surface area is 194 Å². The Hall–Kier alpha value is -2.70. The molecule has 166 valence electrons. The molecule has 0 amide bonds. The van der Waals surface area contributed by atoms with Gasteiger partial charge in [0.2, 0.25) is 0 Å². The summed E-state index contributed by atoms with van der Waals surface area (Å²) in [6.07, 6.45) is 5.88. The van der Waals surface area contributed by atoms with Gasteiger partial charge in [-0.3, -0.25) is 4.98 Å². The van der Waals surface area contributed by atoms with Gasteiger partial charge < -0.3 is 14.5 Å². The first kappa shape index (κ1) is 21.2. The molecular weight excluding hydrogens is 422 g/mol. The van der Waals surface area contributed by atoms with Crippen LogP contribution in [0.4, 0.5) is 11.6 Å². The second-order valence-corrected chi connectivity index (χ2v) is 9.15. The van der Waals surface area contributed by atoms with Crippen molar-refractivity contribution < 1.29 is 4.74 Å². The van der Waals surface area contributed by atoms with E-state index in [4.69, 9.17) is 21.3 Å². The van der Waals surface area contributed by atoms with E-state index < -0.39 is 0 Å². The Kier molecular flexibility index (Phi) is 5.74. The van der Waals surface area contributed by atoms with E-state index in [1.807, 2.05) is 13.1 Å². The maximum absolute atomic E-state index is 6.52. The molecule has 5 heterocycles. The molecule has 7 heteroatoms. The van der Waals surface area contributed by atoms with Crippen molar-refractivity contribution in [3.63, 3.8) is 0 Å². The van der Waals surface area contributed by atoms with Gasteiger partial charge in [-0.05, 0) is 49.1 Å². The molecule has 0 N–H and O–H groups in total. The molecule has 0 aromatic carbocycles. The fourth-order valence-corrected chi connectivity index (χ4v) is 4.88. The van der Waals surface area contributed by atoms with E-state index in [0.717, 1.165) is 73.0 Å². The van der Waals surface area contributed by atoms with Crippen molar-refractivity contribution in [2.75, 3.05) is 36.5 Å². The van der Waals surface area contributed by atoms with Crippen LogP contribution in [-0.2, 0) is 17.7 Å². The van der Waals surface area contributed by atoms with E-state index in [0.29, 0.717) is 11.1 Å². The third-order valence-corrected chi connectivity index (χ3v) is 6.77. The van der Waals surface area contributed by atoms with Crippen LogP contribution < -0.4 is 9.80 Å². The molecule has 6 nitrogen and oxygen atoms in total. The summed E-state index contributed by atoms with van der Waals surface area (Å²) in [7, 11) is 1.79. The molecule has 1 saturated heterocycles. The van der Waals surface area contributed by atoms with Crippen molar-refractivity contribution >= 4 is 23.2 Å². The predicted octanol–water partition coefficient (Wildman–Crippen LogP) is 4.60. The van der Waals surface area contributed by atoms with Crippen LogP contribution >= 0.6 is 11.6 Å². The molecule has 1 fully saturated rings. The van der Waals surface area contributed by atoms with Gasteiger partial charge in [-0.2, -0.15) is 0 Å². The van der Waals surface area contributed by atoms with Gasteiger partial charge in [0.15, 0.2) is 0 Å². The largest absolute Gasteiger partial charge is 0.380 e. The number of aromatic nitrogens is 3. The maximum atomic E-state index is 6.52. The number of aryl methyl sites for hydroxylation is 2. The number of methoxy groups -OCH3 is 1. The predicted molar refractivity (Wildman–Crippen MR) is 129 cm³/mol. The minimum atomic E-state index is 0.306. The van der Waals surface area contributed by atoms with Crippen molar-refractivity contribution in [3.05, 3.63) is 64.1 Å². The van der Waals surface area contributed by atoms with E-state index >= 15 is 0 Å². The summed E-state index contributed by atoms with van der Waals surface area (Å²) >= 11 is 6.52. The Balaban J connectivity index is 1.38. The van der Waals surface area contributed by atoms with Gasteiger partial charge in [0, 0.05) is 63.4 Å². The van der Waals surface area contributed by atoms with E-state index in [1.165, 1.54) is 11.3 Å². The number of anilines is 2. The molecule has 0 radical (unpaired) electrons. The van der Waals surface area contributed by atoms with Crippen molar-refractivity contribution in [1.82, 2.24) is 15.0 Å². The van der Waals surface area contributed by atoms with Crippen LogP contribution in [0.15, 0.2) is 36.7 Å². The lowest BCUT2D eigenvalue weighted by molar-refractivity contribution is 0.121. The van der Waals surface area contributed by atoms with E-state index in [9.17, 15) is 0 Å². The third kappa shape index (κ3) is 4.05. The lowest BCUT2D eigenvalue weighted by Crippen LogP contribution is -2.32. The van der Waals surface area contributed by atoms with Gasteiger partial charge in [-0.15, -0.1) is 0 Å². The number of ether oxygens (including phenoxy) is 1. The molecule has 2 aliphatic heterocycles. The number of nitrogens with zero attached hydrogens (tertiary/aromatic N) is 5. The van der Waals surface area contributed by atoms with Crippen LogP contribution in [0.25, 0.3) is 11.3 Å². The highest BCUT2D eigenvalue weighted by Gasteiger charge is 2.25. The summed E-state index contributed by atoms with van der Waals surface area (Å²) in [5, 5.41) is 0.622. The molecule has 3 aromatic rings. The molecule has 1 unspecified atom stereocenters. The molecule has 3 aromatic heterocycles. The number of fused-ring (bicyclic) bond motifs is 1. The van der Waals surface area contributed by atoms with E-state index in [2.05, 4.69) is 51.0 Å². The summed E-state index contributed by atoms with van der Waals surface area (Å²) in [6, 6.07) is 8.55. The zero-order chi connectivity index (χ0) is 22.2. The topological polar surface area (TPSA) is 54.4 Å². The first-order valence-corrected chi connectivity index (χ1v) is 11.5. The van der Waals surface area contributed by atoms with Crippen LogP contribution in [-0.4, -0.2) is 47.8 Å². The molecule has 0 bridgehead atoms. The maximum Gasteiger partial charge on any atom is 0.129 e. The Morgan fingerprint density at radius 1 is 1.03 bits per heavy atom. The highest BCUT2D eigenvalue weighted by atomic mass is 35.5. The number of hydrogen-bond acceptors (Lipinski definition) is 6. The molecule has 0 aliphatic carbocycles. The first-order valence-electron chi connectivity index (χ1n) is 11.1. The number of hydrogen-bond donors (Lipinski definition) is 0. The van der Waals surface area contributed by atoms with Crippen LogP contribution in [0.3, 0.4) is 0 Å².